The lowest BCUT2D eigenvalue weighted by Crippen LogP contribution is -2.13. The molecule has 92 valence electrons. The van der Waals surface area contributed by atoms with E-state index in [1.807, 2.05) is 0 Å². The molecule has 3 N–H and O–H groups in total. The Hall–Kier alpha value is -1.43. The molecule has 1 fully saturated rings. The van der Waals surface area contributed by atoms with Crippen LogP contribution >= 0.6 is 12.2 Å². The number of hydrogen-bond acceptors (Lipinski definition) is 4. The van der Waals surface area contributed by atoms with Crippen molar-refractivity contribution in [3.63, 3.8) is 0 Å². The van der Waals surface area contributed by atoms with Gasteiger partial charge in [-0.15, -0.1) is 0 Å². The van der Waals surface area contributed by atoms with Crippen molar-refractivity contribution in [1.29, 1.82) is 0 Å². The Kier molecular flexibility index (Phi) is 3.73. The van der Waals surface area contributed by atoms with Gasteiger partial charge in [0.15, 0.2) is 0 Å². The first-order chi connectivity index (χ1) is 8.16. The van der Waals surface area contributed by atoms with E-state index in [4.69, 9.17) is 17.3 Å². The van der Waals surface area contributed by atoms with Gasteiger partial charge in [0.1, 0.15) is 10.5 Å². The fraction of sp³-hybridized carbons (Fsp3) is 0.545. The molecule has 5 nitrogen and oxygen atoms in total. The molecule has 0 spiro atoms. The summed E-state index contributed by atoms with van der Waals surface area (Å²) in [6, 6.07) is 1.48. The molecule has 1 aromatic heterocycles. The van der Waals surface area contributed by atoms with Crippen molar-refractivity contribution in [2.75, 3.05) is 11.9 Å². The first-order valence-electron chi connectivity index (χ1n) is 5.73. The monoisotopic (exact) mass is 253 g/mol. The van der Waals surface area contributed by atoms with Crippen LogP contribution in [0.1, 0.15) is 36.0 Å². The summed E-state index contributed by atoms with van der Waals surface area (Å²) in [5.41, 5.74) is 0.0870. The smallest absolute Gasteiger partial charge is 0.338 e. The zero-order chi connectivity index (χ0) is 12.3. The van der Waals surface area contributed by atoms with E-state index in [2.05, 4.69) is 15.5 Å². The summed E-state index contributed by atoms with van der Waals surface area (Å²) >= 11 is 4.85. The zero-order valence-electron chi connectivity index (χ0n) is 9.40. The number of hydrogen-bond donors (Lipinski definition) is 3. The average molecular weight is 253 g/mol. The van der Waals surface area contributed by atoms with E-state index < -0.39 is 5.97 Å². The molecule has 0 radical (unpaired) electrons. The SMILES string of the molecule is O=C(O)c1cc(NCC2CCCC2)n[nH]c1=S. The fourth-order valence-corrected chi connectivity index (χ4v) is 2.31. The molecule has 0 atom stereocenters. The van der Waals surface area contributed by atoms with Gasteiger partial charge in [-0.2, -0.15) is 5.10 Å². The number of rotatable bonds is 4. The van der Waals surface area contributed by atoms with E-state index in [1.54, 1.807) is 0 Å². The molecule has 1 aliphatic carbocycles. The van der Waals surface area contributed by atoms with Crippen molar-refractivity contribution in [3.8, 4) is 0 Å². The Balaban J connectivity index is 2.03. The number of aromatic amines is 1. The average Bonchev–Trinajstić information content (AvgIpc) is 2.80. The van der Waals surface area contributed by atoms with Crippen LogP contribution < -0.4 is 5.32 Å². The van der Waals surface area contributed by atoms with Crippen molar-refractivity contribution in [2.45, 2.75) is 25.7 Å². The molecule has 2 rings (SSSR count). The van der Waals surface area contributed by atoms with Gasteiger partial charge in [0, 0.05) is 6.54 Å². The highest BCUT2D eigenvalue weighted by molar-refractivity contribution is 7.71. The van der Waals surface area contributed by atoms with Crippen LogP contribution in [0.2, 0.25) is 0 Å². The lowest BCUT2D eigenvalue weighted by molar-refractivity contribution is 0.0695. The summed E-state index contributed by atoms with van der Waals surface area (Å²) in [5.74, 6) is 0.189. The van der Waals surface area contributed by atoms with Gasteiger partial charge in [0.2, 0.25) is 0 Å². The van der Waals surface area contributed by atoms with Crippen molar-refractivity contribution in [3.05, 3.63) is 16.3 Å². The van der Waals surface area contributed by atoms with Crippen LogP contribution in [-0.4, -0.2) is 27.8 Å². The van der Waals surface area contributed by atoms with Gasteiger partial charge < -0.3 is 10.4 Å². The van der Waals surface area contributed by atoms with Crippen LogP contribution in [0.15, 0.2) is 6.07 Å². The van der Waals surface area contributed by atoms with Crippen LogP contribution in [0, 0.1) is 10.6 Å². The van der Waals surface area contributed by atoms with Crippen LogP contribution in [0.5, 0.6) is 0 Å². The second-order valence-electron chi connectivity index (χ2n) is 4.33. The Labute approximate surface area is 104 Å². The largest absolute Gasteiger partial charge is 0.478 e. The van der Waals surface area contributed by atoms with E-state index in [1.165, 1.54) is 31.7 Å². The molecule has 0 unspecified atom stereocenters. The molecule has 0 bridgehead atoms. The minimum absolute atomic E-state index is 0.0870. The van der Waals surface area contributed by atoms with E-state index in [0.29, 0.717) is 11.7 Å². The molecule has 0 aromatic carbocycles. The molecule has 0 saturated heterocycles. The van der Waals surface area contributed by atoms with E-state index >= 15 is 0 Å². The lowest BCUT2D eigenvalue weighted by Gasteiger charge is -2.10. The van der Waals surface area contributed by atoms with Crippen LogP contribution in [0.25, 0.3) is 0 Å². The van der Waals surface area contributed by atoms with E-state index in [9.17, 15) is 4.79 Å². The van der Waals surface area contributed by atoms with Crippen LogP contribution in [-0.2, 0) is 0 Å². The van der Waals surface area contributed by atoms with Gasteiger partial charge >= 0.3 is 5.97 Å². The first-order valence-corrected chi connectivity index (χ1v) is 6.14. The summed E-state index contributed by atoms with van der Waals surface area (Å²) in [5, 5.41) is 18.6. The third kappa shape index (κ3) is 3.03. The van der Waals surface area contributed by atoms with E-state index in [-0.39, 0.29) is 10.2 Å². The summed E-state index contributed by atoms with van der Waals surface area (Å²) in [6.45, 7) is 0.844. The van der Waals surface area contributed by atoms with Gasteiger partial charge in [-0.1, -0.05) is 25.1 Å². The number of aromatic nitrogens is 2. The topological polar surface area (TPSA) is 78.0 Å². The van der Waals surface area contributed by atoms with Gasteiger partial charge in [0.05, 0.1) is 5.56 Å². The van der Waals surface area contributed by atoms with Crippen LogP contribution in [0.4, 0.5) is 5.82 Å². The first kappa shape index (κ1) is 12.0. The molecule has 6 heteroatoms. The fourth-order valence-electron chi connectivity index (χ4n) is 2.12. The van der Waals surface area contributed by atoms with Gasteiger partial charge in [0.25, 0.3) is 0 Å². The molecule has 17 heavy (non-hydrogen) atoms. The molecule has 0 amide bonds. The van der Waals surface area contributed by atoms with Gasteiger partial charge in [-0.05, 0) is 24.8 Å². The lowest BCUT2D eigenvalue weighted by atomic mass is 10.1. The number of nitrogens with one attached hydrogen (secondary N) is 2. The normalized spacial score (nSPS) is 16.0. The quantitative estimate of drug-likeness (QED) is 0.718. The number of carboxylic acids is 1. The number of carboxylic acid groups (broad SMARTS) is 1. The zero-order valence-corrected chi connectivity index (χ0v) is 10.2. The Morgan fingerprint density at radius 2 is 2.29 bits per heavy atom. The van der Waals surface area contributed by atoms with Crippen molar-refractivity contribution in [1.82, 2.24) is 10.2 Å². The second kappa shape index (κ2) is 5.27. The molecule has 1 aliphatic rings. The minimum Gasteiger partial charge on any atom is -0.478 e. The number of anilines is 1. The summed E-state index contributed by atoms with van der Waals surface area (Å²) in [6.07, 6.45) is 5.05. The second-order valence-corrected chi connectivity index (χ2v) is 4.74. The Morgan fingerprint density at radius 1 is 1.59 bits per heavy atom. The maximum Gasteiger partial charge on any atom is 0.338 e. The molecule has 1 heterocycles. The van der Waals surface area contributed by atoms with Gasteiger partial charge in [-0.25, -0.2) is 4.79 Å². The molecular formula is C11H15N3O2S. The molecule has 0 aliphatic heterocycles. The third-order valence-electron chi connectivity index (χ3n) is 3.08. The van der Waals surface area contributed by atoms with Gasteiger partial charge in [-0.3, -0.25) is 5.10 Å². The number of carbonyl (C=O) groups is 1. The highest BCUT2D eigenvalue weighted by Crippen LogP contribution is 2.24. The van der Waals surface area contributed by atoms with Crippen molar-refractivity contribution >= 4 is 24.0 Å². The standard InChI is InChI=1S/C11H15N3O2S/c15-11(16)8-5-9(13-14-10(8)17)12-6-7-3-1-2-4-7/h5,7H,1-4,6H2,(H,12,13)(H,14,17)(H,15,16). The predicted octanol–water partition coefficient (Wildman–Crippen LogP) is 2.44. The summed E-state index contributed by atoms with van der Waals surface area (Å²) in [4.78, 5) is 10.9. The maximum absolute atomic E-state index is 10.9. The predicted molar refractivity (Wildman–Crippen MR) is 66.8 cm³/mol. The maximum atomic E-state index is 10.9. The Bertz CT molecular complexity index is 466. The summed E-state index contributed by atoms with van der Waals surface area (Å²) < 4.78 is 0.156. The molecule has 1 aromatic rings. The molecule has 1 saturated carbocycles. The number of aromatic carboxylic acids is 1. The van der Waals surface area contributed by atoms with Crippen molar-refractivity contribution in [2.24, 2.45) is 5.92 Å². The highest BCUT2D eigenvalue weighted by Gasteiger charge is 2.15. The van der Waals surface area contributed by atoms with Crippen molar-refractivity contribution < 1.29 is 9.90 Å². The third-order valence-corrected chi connectivity index (χ3v) is 3.39. The summed E-state index contributed by atoms with van der Waals surface area (Å²) in [7, 11) is 0. The highest BCUT2D eigenvalue weighted by atomic mass is 32.1. The number of nitrogens with zero attached hydrogens (tertiary/aromatic N) is 1. The minimum atomic E-state index is -1.03. The van der Waals surface area contributed by atoms with E-state index in [0.717, 1.165) is 6.54 Å². The Morgan fingerprint density at radius 3 is 2.94 bits per heavy atom. The molecular weight excluding hydrogens is 238 g/mol. The van der Waals surface area contributed by atoms with Crippen LogP contribution in [0.3, 0.4) is 0 Å². The number of H-pyrrole nitrogens is 1.